The van der Waals surface area contributed by atoms with E-state index in [0.717, 1.165) is 41.3 Å². The molecule has 3 aromatic carbocycles. The molecule has 0 radical (unpaired) electrons. The van der Waals surface area contributed by atoms with Crippen LogP contribution in [-0.4, -0.2) is 21.6 Å². The monoisotopic (exact) mass is 472 g/mol. The van der Waals surface area contributed by atoms with E-state index in [4.69, 9.17) is 16.7 Å². The van der Waals surface area contributed by atoms with Gasteiger partial charge in [-0.2, -0.15) is 0 Å². The number of halogens is 1. The van der Waals surface area contributed by atoms with Crippen molar-refractivity contribution in [1.82, 2.24) is 9.88 Å². The van der Waals surface area contributed by atoms with Crippen molar-refractivity contribution in [1.29, 1.82) is 0 Å². The molecule has 1 aromatic heterocycles. The first-order valence-electron chi connectivity index (χ1n) is 11.5. The lowest BCUT2D eigenvalue weighted by molar-refractivity contribution is 0.0696. The summed E-state index contributed by atoms with van der Waals surface area (Å²) in [6, 6.07) is 18.6. The predicted octanol–water partition coefficient (Wildman–Crippen LogP) is 5.85. The molecule has 1 aliphatic carbocycles. The van der Waals surface area contributed by atoms with Crippen molar-refractivity contribution in [3.05, 3.63) is 105 Å². The number of hydrogen-bond acceptors (Lipinski definition) is 2. The molecule has 6 heteroatoms. The summed E-state index contributed by atoms with van der Waals surface area (Å²) in [5, 5.41) is 14.0. The molecular formula is C28H25ClN2O3. The number of aryl methyl sites for hydroxylation is 2. The standard InChI is InChI=1S/C28H25ClN2O3/c29-22-11-7-19(8-12-22)17-31-14-13-24-23-4-2-1-3-21(23)15-25(26(24)31)27(32)30-16-18-5-9-20(10-6-18)28(33)34/h5-15H,1-4,16-17H2,(H,30,32)(H,33,34). The molecule has 34 heavy (non-hydrogen) atoms. The second-order valence-electron chi connectivity index (χ2n) is 8.79. The van der Waals surface area contributed by atoms with Gasteiger partial charge in [0.05, 0.1) is 16.6 Å². The van der Waals surface area contributed by atoms with E-state index in [-0.39, 0.29) is 11.5 Å². The summed E-state index contributed by atoms with van der Waals surface area (Å²) in [7, 11) is 0. The third-order valence-electron chi connectivity index (χ3n) is 6.54. The fourth-order valence-corrected chi connectivity index (χ4v) is 4.91. The Morgan fingerprint density at radius 1 is 0.941 bits per heavy atom. The number of carboxylic acid groups (broad SMARTS) is 1. The van der Waals surface area contributed by atoms with Crippen LogP contribution in [0.1, 0.15) is 55.8 Å². The highest BCUT2D eigenvalue weighted by molar-refractivity contribution is 6.30. The van der Waals surface area contributed by atoms with Crippen molar-refractivity contribution < 1.29 is 14.7 Å². The summed E-state index contributed by atoms with van der Waals surface area (Å²) in [6.07, 6.45) is 6.40. The molecule has 0 saturated carbocycles. The van der Waals surface area contributed by atoms with E-state index < -0.39 is 5.97 Å². The molecule has 0 aliphatic heterocycles. The number of benzene rings is 3. The van der Waals surface area contributed by atoms with E-state index in [2.05, 4.69) is 28.2 Å². The number of hydrogen-bond donors (Lipinski definition) is 2. The zero-order valence-corrected chi connectivity index (χ0v) is 19.4. The van der Waals surface area contributed by atoms with E-state index in [9.17, 15) is 9.59 Å². The molecule has 2 N–H and O–H groups in total. The third-order valence-corrected chi connectivity index (χ3v) is 6.79. The number of carboxylic acids is 1. The van der Waals surface area contributed by atoms with Gasteiger partial charge in [-0.3, -0.25) is 4.79 Å². The summed E-state index contributed by atoms with van der Waals surface area (Å²) in [5.41, 5.74) is 6.45. The number of fused-ring (bicyclic) bond motifs is 3. The molecule has 5 rings (SSSR count). The average Bonchev–Trinajstić information content (AvgIpc) is 3.27. The molecule has 0 atom stereocenters. The Kier molecular flexibility index (Phi) is 6.12. The maximum absolute atomic E-state index is 13.4. The Labute approximate surface area is 203 Å². The first kappa shape index (κ1) is 22.2. The Morgan fingerprint density at radius 3 is 2.38 bits per heavy atom. The van der Waals surface area contributed by atoms with Crippen LogP contribution in [0.25, 0.3) is 10.9 Å². The van der Waals surface area contributed by atoms with Crippen molar-refractivity contribution >= 4 is 34.4 Å². The van der Waals surface area contributed by atoms with Crippen LogP contribution in [-0.2, 0) is 25.9 Å². The van der Waals surface area contributed by atoms with Gasteiger partial charge in [0.15, 0.2) is 0 Å². The molecule has 1 amide bonds. The summed E-state index contributed by atoms with van der Waals surface area (Å²) < 4.78 is 2.14. The van der Waals surface area contributed by atoms with Gasteiger partial charge in [-0.25, -0.2) is 4.79 Å². The van der Waals surface area contributed by atoms with Crippen LogP contribution >= 0.6 is 11.6 Å². The predicted molar refractivity (Wildman–Crippen MR) is 134 cm³/mol. The normalized spacial score (nSPS) is 13.0. The van der Waals surface area contributed by atoms with Gasteiger partial charge in [0.2, 0.25) is 0 Å². The van der Waals surface area contributed by atoms with Crippen molar-refractivity contribution in [2.45, 2.75) is 38.8 Å². The minimum absolute atomic E-state index is 0.128. The molecular weight excluding hydrogens is 448 g/mol. The molecule has 0 fully saturated rings. The lowest BCUT2D eigenvalue weighted by Gasteiger charge is -2.20. The lowest BCUT2D eigenvalue weighted by atomic mass is 9.87. The van der Waals surface area contributed by atoms with Crippen molar-refractivity contribution in [3.8, 4) is 0 Å². The number of aromatic carboxylic acids is 1. The minimum Gasteiger partial charge on any atom is -0.478 e. The van der Waals surface area contributed by atoms with E-state index in [0.29, 0.717) is 23.7 Å². The van der Waals surface area contributed by atoms with Gasteiger partial charge < -0.3 is 15.0 Å². The maximum Gasteiger partial charge on any atom is 0.335 e. The van der Waals surface area contributed by atoms with Gasteiger partial charge in [0.25, 0.3) is 5.91 Å². The fourth-order valence-electron chi connectivity index (χ4n) is 4.79. The van der Waals surface area contributed by atoms with Crippen LogP contribution in [0.15, 0.2) is 66.9 Å². The smallest absolute Gasteiger partial charge is 0.335 e. The van der Waals surface area contributed by atoms with Crippen LogP contribution in [0.2, 0.25) is 5.02 Å². The van der Waals surface area contributed by atoms with Gasteiger partial charge in [0, 0.05) is 29.7 Å². The first-order chi connectivity index (χ1) is 16.5. The van der Waals surface area contributed by atoms with Crippen molar-refractivity contribution in [2.24, 2.45) is 0 Å². The Bertz CT molecular complexity index is 1370. The van der Waals surface area contributed by atoms with Gasteiger partial charge in [-0.05, 0) is 84.3 Å². The van der Waals surface area contributed by atoms with Crippen LogP contribution < -0.4 is 5.32 Å². The van der Waals surface area contributed by atoms with Crippen molar-refractivity contribution in [3.63, 3.8) is 0 Å². The van der Waals surface area contributed by atoms with Crippen LogP contribution in [0.3, 0.4) is 0 Å². The maximum atomic E-state index is 13.4. The van der Waals surface area contributed by atoms with Gasteiger partial charge in [-0.1, -0.05) is 35.9 Å². The second-order valence-corrected chi connectivity index (χ2v) is 9.22. The highest BCUT2D eigenvalue weighted by Crippen LogP contribution is 2.33. The molecule has 1 aliphatic rings. The number of amides is 1. The van der Waals surface area contributed by atoms with Crippen LogP contribution in [0, 0.1) is 0 Å². The first-order valence-corrected chi connectivity index (χ1v) is 11.9. The molecule has 0 unspecified atom stereocenters. The highest BCUT2D eigenvalue weighted by Gasteiger charge is 2.21. The molecule has 172 valence electrons. The Hall–Kier alpha value is -3.57. The molecule has 0 spiro atoms. The largest absolute Gasteiger partial charge is 0.478 e. The quantitative estimate of drug-likeness (QED) is 0.369. The van der Waals surface area contributed by atoms with Gasteiger partial charge >= 0.3 is 5.97 Å². The van der Waals surface area contributed by atoms with Gasteiger partial charge in [0.1, 0.15) is 0 Å². The Morgan fingerprint density at radius 2 is 1.65 bits per heavy atom. The number of rotatable bonds is 6. The minimum atomic E-state index is -0.964. The molecule has 0 bridgehead atoms. The average molecular weight is 473 g/mol. The van der Waals surface area contributed by atoms with E-state index in [1.54, 1.807) is 24.3 Å². The molecule has 0 saturated heterocycles. The number of aromatic nitrogens is 1. The summed E-state index contributed by atoms with van der Waals surface area (Å²) >= 11 is 6.06. The lowest BCUT2D eigenvalue weighted by Crippen LogP contribution is -2.24. The van der Waals surface area contributed by atoms with E-state index in [1.165, 1.54) is 17.5 Å². The zero-order valence-electron chi connectivity index (χ0n) is 18.7. The summed E-state index contributed by atoms with van der Waals surface area (Å²) in [6.45, 7) is 0.978. The highest BCUT2D eigenvalue weighted by atomic mass is 35.5. The zero-order chi connectivity index (χ0) is 23.7. The summed E-state index contributed by atoms with van der Waals surface area (Å²) in [5.74, 6) is -1.09. The van der Waals surface area contributed by atoms with Crippen molar-refractivity contribution in [2.75, 3.05) is 0 Å². The summed E-state index contributed by atoms with van der Waals surface area (Å²) in [4.78, 5) is 24.5. The van der Waals surface area contributed by atoms with E-state index in [1.807, 2.05) is 24.3 Å². The van der Waals surface area contributed by atoms with Crippen LogP contribution in [0.4, 0.5) is 0 Å². The molecule has 1 heterocycles. The number of nitrogens with zero attached hydrogens (tertiary/aromatic N) is 1. The number of carbonyl (C=O) groups is 2. The van der Waals surface area contributed by atoms with Gasteiger partial charge in [-0.15, -0.1) is 0 Å². The number of carbonyl (C=O) groups excluding carboxylic acids is 1. The molecule has 5 nitrogen and oxygen atoms in total. The SMILES string of the molecule is O=C(O)c1ccc(CNC(=O)c2cc3c(c4ccn(Cc5ccc(Cl)cc5)c24)CCCC3)cc1. The third kappa shape index (κ3) is 4.44. The molecule has 4 aromatic rings. The fraction of sp³-hybridized carbons (Fsp3) is 0.214. The van der Waals surface area contributed by atoms with Crippen LogP contribution in [0.5, 0.6) is 0 Å². The number of nitrogens with one attached hydrogen (secondary N) is 1. The second kappa shape index (κ2) is 9.35. The Balaban J connectivity index is 1.48. The topological polar surface area (TPSA) is 71.3 Å². The van der Waals surface area contributed by atoms with E-state index >= 15 is 0 Å².